The number of nitrogens with zero attached hydrogens (tertiary/aromatic N) is 1. The Kier molecular flexibility index (Phi) is 6.37. The van der Waals surface area contributed by atoms with Crippen LogP contribution in [-0.4, -0.2) is 31.7 Å². The first kappa shape index (κ1) is 19.6. The van der Waals surface area contributed by atoms with Gasteiger partial charge in [0, 0.05) is 23.1 Å². The van der Waals surface area contributed by atoms with Crippen LogP contribution in [0.2, 0.25) is 0 Å². The van der Waals surface area contributed by atoms with E-state index in [1.807, 2.05) is 18.2 Å². The van der Waals surface area contributed by atoms with Crippen LogP contribution in [0, 0.1) is 6.92 Å². The van der Waals surface area contributed by atoms with E-state index in [1.54, 1.807) is 32.9 Å². The Balaban J connectivity index is 2.39. The molecule has 0 fully saturated rings. The molecule has 0 aliphatic carbocycles. The van der Waals surface area contributed by atoms with Crippen molar-refractivity contribution in [3.63, 3.8) is 0 Å². The molecule has 0 atom stereocenters. The van der Waals surface area contributed by atoms with Crippen molar-refractivity contribution in [2.75, 3.05) is 18.4 Å². The Bertz CT molecular complexity index is 878. The second-order valence-corrected chi connectivity index (χ2v) is 8.29. The monoisotopic (exact) mass is 424 g/mol. The van der Waals surface area contributed by atoms with E-state index in [4.69, 9.17) is 0 Å². The molecular formula is C18H21BrN2O3S. The predicted octanol–water partition coefficient (Wildman–Crippen LogP) is 4.04. The lowest BCUT2D eigenvalue weighted by atomic mass is 10.1. The topological polar surface area (TPSA) is 66.5 Å². The third kappa shape index (κ3) is 4.29. The van der Waals surface area contributed by atoms with Crippen LogP contribution >= 0.6 is 15.9 Å². The molecule has 0 radical (unpaired) electrons. The molecule has 2 aromatic rings. The van der Waals surface area contributed by atoms with Crippen molar-refractivity contribution >= 4 is 37.5 Å². The summed E-state index contributed by atoms with van der Waals surface area (Å²) in [4.78, 5) is 12.8. The quantitative estimate of drug-likeness (QED) is 0.760. The molecule has 2 aromatic carbocycles. The van der Waals surface area contributed by atoms with Gasteiger partial charge in [0.25, 0.3) is 5.91 Å². The molecule has 0 saturated carbocycles. The Morgan fingerprint density at radius 1 is 1.12 bits per heavy atom. The summed E-state index contributed by atoms with van der Waals surface area (Å²) >= 11 is 3.38. The number of carbonyl (C=O) groups excluding carboxylic acids is 1. The molecule has 7 heteroatoms. The highest BCUT2D eigenvalue weighted by Gasteiger charge is 2.23. The highest BCUT2D eigenvalue weighted by molar-refractivity contribution is 9.10. The Hall–Kier alpha value is -1.70. The summed E-state index contributed by atoms with van der Waals surface area (Å²) in [5.41, 5.74) is 1.68. The number of para-hydroxylation sites is 1. The maximum Gasteiger partial charge on any atom is 0.256 e. The molecule has 0 bridgehead atoms. The molecule has 0 aliphatic heterocycles. The molecule has 0 aromatic heterocycles. The van der Waals surface area contributed by atoms with Gasteiger partial charge in [-0.2, -0.15) is 4.31 Å². The fraction of sp³-hybridized carbons (Fsp3) is 0.278. The molecule has 0 heterocycles. The van der Waals surface area contributed by atoms with Gasteiger partial charge in [0.1, 0.15) is 0 Å². The van der Waals surface area contributed by atoms with E-state index >= 15 is 0 Å². The zero-order valence-electron chi connectivity index (χ0n) is 14.4. The Morgan fingerprint density at radius 3 is 2.36 bits per heavy atom. The van der Waals surface area contributed by atoms with Crippen LogP contribution < -0.4 is 5.32 Å². The van der Waals surface area contributed by atoms with Crippen LogP contribution in [0.25, 0.3) is 0 Å². The number of sulfonamides is 1. The van der Waals surface area contributed by atoms with Gasteiger partial charge in [-0.3, -0.25) is 4.79 Å². The summed E-state index contributed by atoms with van der Waals surface area (Å²) in [7, 11) is -3.61. The summed E-state index contributed by atoms with van der Waals surface area (Å²) < 4.78 is 27.5. The SMILES string of the molecule is CCN(CC)S(=O)(=O)c1ccc(C)c(C(=O)Nc2ccccc2Br)c1. The predicted molar refractivity (Wildman–Crippen MR) is 103 cm³/mol. The van der Waals surface area contributed by atoms with Gasteiger partial charge >= 0.3 is 0 Å². The van der Waals surface area contributed by atoms with E-state index in [-0.39, 0.29) is 10.8 Å². The first-order valence-electron chi connectivity index (χ1n) is 7.98. The van der Waals surface area contributed by atoms with E-state index in [1.165, 1.54) is 16.4 Å². The number of nitrogens with one attached hydrogen (secondary N) is 1. The fourth-order valence-electron chi connectivity index (χ4n) is 2.47. The van der Waals surface area contributed by atoms with Crippen molar-refractivity contribution in [3.05, 3.63) is 58.1 Å². The molecule has 0 unspecified atom stereocenters. The maximum atomic E-state index is 12.7. The lowest BCUT2D eigenvalue weighted by Gasteiger charge is -2.19. The second-order valence-electron chi connectivity index (χ2n) is 5.50. The number of aryl methyl sites for hydroxylation is 1. The van der Waals surface area contributed by atoms with Crippen molar-refractivity contribution in [2.45, 2.75) is 25.7 Å². The number of halogens is 1. The van der Waals surface area contributed by atoms with Crippen LogP contribution in [0.4, 0.5) is 5.69 Å². The van der Waals surface area contributed by atoms with Crippen molar-refractivity contribution in [2.24, 2.45) is 0 Å². The molecule has 0 aliphatic rings. The largest absolute Gasteiger partial charge is 0.321 e. The number of carbonyl (C=O) groups is 1. The molecule has 0 saturated heterocycles. The summed E-state index contributed by atoms with van der Waals surface area (Å²) in [6, 6.07) is 11.9. The molecule has 1 amide bonds. The zero-order valence-corrected chi connectivity index (χ0v) is 16.8. The summed E-state index contributed by atoms with van der Waals surface area (Å²) in [5, 5.41) is 2.81. The van der Waals surface area contributed by atoms with Crippen molar-refractivity contribution in [3.8, 4) is 0 Å². The van der Waals surface area contributed by atoms with Gasteiger partial charge in [0.15, 0.2) is 0 Å². The average molecular weight is 425 g/mol. The highest BCUT2D eigenvalue weighted by atomic mass is 79.9. The lowest BCUT2D eigenvalue weighted by Crippen LogP contribution is -2.30. The maximum absolute atomic E-state index is 12.7. The van der Waals surface area contributed by atoms with E-state index in [9.17, 15) is 13.2 Å². The van der Waals surface area contributed by atoms with E-state index < -0.39 is 10.0 Å². The normalized spacial score (nSPS) is 11.6. The Morgan fingerprint density at radius 2 is 1.76 bits per heavy atom. The number of amides is 1. The summed E-state index contributed by atoms with van der Waals surface area (Å²) in [5.74, 6) is -0.346. The van der Waals surface area contributed by atoms with E-state index in [0.29, 0.717) is 29.9 Å². The van der Waals surface area contributed by atoms with Gasteiger partial charge in [-0.25, -0.2) is 8.42 Å². The molecule has 5 nitrogen and oxygen atoms in total. The van der Waals surface area contributed by atoms with Gasteiger partial charge in [0.05, 0.1) is 10.6 Å². The second kappa shape index (κ2) is 8.12. The van der Waals surface area contributed by atoms with Crippen LogP contribution in [0.15, 0.2) is 51.8 Å². The third-order valence-electron chi connectivity index (χ3n) is 3.92. The van der Waals surface area contributed by atoms with Crippen molar-refractivity contribution < 1.29 is 13.2 Å². The number of hydrogen-bond donors (Lipinski definition) is 1. The lowest BCUT2D eigenvalue weighted by molar-refractivity contribution is 0.102. The highest BCUT2D eigenvalue weighted by Crippen LogP contribution is 2.24. The van der Waals surface area contributed by atoms with E-state index in [2.05, 4.69) is 21.2 Å². The molecule has 134 valence electrons. The van der Waals surface area contributed by atoms with Crippen molar-refractivity contribution in [1.29, 1.82) is 0 Å². The molecule has 0 spiro atoms. The summed E-state index contributed by atoms with van der Waals surface area (Å²) in [6.07, 6.45) is 0. The molecule has 1 N–H and O–H groups in total. The minimum Gasteiger partial charge on any atom is -0.321 e. The van der Waals surface area contributed by atoms with Crippen molar-refractivity contribution in [1.82, 2.24) is 4.31 Å². The fourth-order valence-corrected chi connectivity index (χ4v) is 4.34. The number of hydrogen-bond acceptors (Lipinski definition) is 3. The first-order valence-corrected chi connectivity index (χ1v) is 10.2. The molecule has 2 rings (SSSR count). The first-order chi connectivity index (χ1) is 11.8. The van der Waals surface area contributed by atoms with Crippen LogP contribution in [-0.2, 0) is 10.0 Å². The smallest absolute Gasteiger partial charge is 0.256 e. The minimum atomic E-state index is -3.61. The van der Waals surface area contributed by atoms with Gasteiger partial charge in [0.2, 0.25) is 10.0 Å². The van der Waals surface area contributed by atoms with E-state index in [0.717, 1.165) is 4.47 Å². The minimum absolute atomic E-state index is 0.124. The van der Waals surface area contributed by atoms with Gasteiger partial charge < -0.3 is 5.32 Å². The standard InChI is InChI=1S/C18H21BrN2O3S/c1-4-21(5-2)25(23,24)14-11-10-13(3)15(12-14)18(22)20-17-9-7-6-8-16(17)19/h6-12H,4-5H2,1-3H3,(H,20,22). The Labute approximate surface area is 157 Å². The third-order valence-corrected chi connectivity index (χ3v) is 6.66. The molecular weight excluding hydrogens is 404 g/mol. The average Bonchev–Trinajstić information content (AvgIpc) is 2.58. The number of benzene rings is 2. The van der Waals surface area contributed by atoms with Crippen LogP contribution in [0.1, 0.15) is 29.8 Å². The zero-order chi connectivity index (χ0) is 18.6. The van der Waals surface area contributed by atoms with Gasteiger partial charge in [-0.15, -0.1) is 0 Å². The number of anilines is 1. The molecule has 25 heavy (non-hydrogen) atoms. The van der Waals surface area contributed by atoms with Crippen LogP contribution in [0.5, 0.6) is 0 Å². The van der Waals surface area contributed by atoms with Crippen LogP contribution in [0.3, 0.4) is 0 Å². The van der Waals surface area contributed by atoms with Gasteiger partial charge in [-0.1, -0.05) is 32.0 Å². The van der Waals surface area contributed by atoms with Gasteiger partial charge in [-0.05, 0) is 52.7 Å². The number of rotatable bonds is 6. The summed E-state index contributed by atoms with van der Waals surface area (Å²) in [6.45, 7) is 6.12.